The number of Topliss-reactive ketones (excluding diaryl/α,β-unsaturated/α-hetero) is 1. The summed E-state index contributed by atoms with van der Waals surface area (Å²) in [5.41, 5.74) is 4.97. The first-order valence-corrected chi connectivity index (χ1v) is 7.98. The van der Waals surface area contributed by atoms with E-state index in [-0.39, 0.29) is 11.7 Å². The van der Waals surface area contributed by atoms with Gasteiger partial charge in [0.25, 0.3) is 0 Å². The summed E-state index contributed by atoms with van der Waals surface area (Å²) in [5, 5.41) is 0.955. The minimum absolute atomic E-state index is 0.185. The summed E-state index contributed by atoms with van der Waals surface area (Å²) in [5.74, 6) is 1.21. The fraction of sp³-hybridized carbons (Fsp3) is 0.250. The molecule has 4 rings (SSSR count). The molecule has 0 atom stereocenters. The van der Waals surface area contributed by atoms with E-state index in [0.717, 1.165) is 46.3 Å². The molecule has 1 heterocycles. The number of H-pyrrole nitrogens is 1. The van der Waals surface area contributed by atoms with Crippen LogP contribution in [0.3, 0.4) is 0 Å². The van der Waals surface area contributed by atoms with Crippen LogP contribution in [0.4, 0.5) is 0 Å². The standard InChI is InChI=1S/C20H19NO2/c1-12-3-5-13(6-4-12)19-18(20(22)14-7-8-14)16-11-15(23-2)9-10-17(16)21-19/h3-6,9-11,14,21H,7-8H2,1-2H3. The number of ether oxygens (including phenoxy) is 1. The molecule has 1 aromatic heterocycles. The summed E-state index contributed by atoms with van der Waals surface area (Å²) in [6, 6.07) is 14.2. The molecule has 2 aromatic carbocycles. The Morgan fingerprint density at radius 1 is 1.13 bits per heavy atom. The van der Waals surface area contributed by atoms with Crippen molar-refractivity contribution in [2.75, 3.05) is 7.11 Å². The van der Waals surface area contributed by atoms with Gasteiger partial charge in [0.1, 0.15) is 5.75 Å². The van der Waals surface area contributed by atoms with Crippen LogP contribution in [0.25, 0.3) is 22.2 Å². The van der Waals surface area contributed by atoms with E-state index in [0.29, 0.717) is 0 Å². The highest BCUT2D eigenvalue weighted by Gasteiger charge is 2.34. The summed E-state index contributed by atoms with van der Waals surface area (Å²) in [4.78, 5) is 16.3. The van der Waals surface area contributed by atoms with Crippen molar-refractivity contribution in [3.8, 4) is 17.0 Å². The highest BCUT2D eigenvalue weighted by atomic mass is 16.5. The molecule has 1 fully saturated rings. The summed E-state index contributed by atoms with van der Waals surface area (Å²) in [6.07, 6.45) is 2.01. The van der Waals surface area contributed by atoms with Gasteiger partial charge in [0, 0.05) is 16.8 Å². The molecule has 1 saturated carbocycles. The van der Waals surface area contributed by atoms with Crippen LogP contribution in [0.2, 0.25) is 0 Å². The Kier molecular flexibility index (Phi) is 3.22. The lowest BCUT2D eigenvalue weighted by molar-refractivity contribution is 0.0970. The van der Waals surface area contributed by atoms with Crippen molar-refractivity contribution in [2.45, 2.75) is 19.8 Å². The second-order valence-corrected chi connectivity index (χ2v) is 6.29. The van der Waals surface area contributed by atoms with Gasteiger partial charge in [-0.15, -0.1) is 0 Å². The maximum atomic E-state index is 12.9. The molecule has 3 aromatic rings. The zero-order valence-electron chi connectivity index (χ0n) is 13.3. The number of ketones is 1. The fourth-order valence-electron chi connectivity index (χ4n) is 3.04. The lowest BCUT2D eigenvalue weighted by Crippen LogP contribution is -2.02. The van der Waals surface area contributed by atoms with E-state index < -0.39 is 0 Å². The number of aromatic amines is 1. The molecule has 0 unspecified atom stereocenters. The number of fused-ring (bicyclic) bond motifs is 1. The van der Waals surface area contributed by atoms with Crippen LogP contribution in [0.1, 0.15) is 28.8 Å². The molecule has 0 radical (unpaired) electrons. The quantitative estimate of drug-likeness (QED) is 0.707. The molecule has 0 amide bonds. The number of rotatable bonds is 4. The summed E-state index contributed by atoms with van der Waals surface area (Å²) >= 11 is 0. The normalized spacial score (nSPS) is 14.2. The van der Waals surface area contributed by atoms with Crippen LogP contribution in [-0.2, 0) is 0 Å². The van der Waals surface area contributed by atoms with Crippen molar-refractivity contribution in [3.63, 3.8) is 0 Å². The SMILES string of the molecule is COc1ccc2[nH]c(-c3ccc(C)cc3)c(C(=O)C3CC3)c2c1. The average Bonchev–Trinajstić information content (AvgIpc) is 3.35. The third-order valence-electron chi connectivity index (χ3n) is 4.54. The van der Waals surface area contributed by atoms with Gasteiger partial charge in [0.05, 0.1) is 18.4 Å². The van der Waals surface area contributed by atoms with E-state index in [1.54, 1.807) is 7.11 Å². The second kappa shape index (κ2) is 5.27. The van der Waals surface area contributed by atoms with Gasteiger partial charge in [-0.3, -0.25) is 4.79 Å². The van der Waals surface area contributed by atoms with E-state index in [1.807, 2.05) is 18.2 Å². The molecule has 116 valence electrons. The fourth-order valence-corrected chi connectivity index (χ4v) is 3.04. The highest BCUT2D eigenvalue weighted by molar-refractivity contribution is 6.15. The van der Waals surface area contributed by atoms with Gasteiger partial charge < -0.3 is 9.72 Å². The molecule has 1 N–H and O–H groups in total. The number of aromatic nitrogens is 1. The first-order chi connectivity index (χ1) is 11.2. The minimum Gasteiger partial charge on any atom is -0.497 e. The van der Waals surface area contributed by atoms with Crippen LogP contribution in [0, 0.1) is 12.8 Å². The van der Waals surface area contributed by atoms with E-state index in [4.69, 9.17) is 4.74 Å². The molecule has 0 spiro atoms. The molecule has 1 aliphatic carbocycles. The Labute approximate surface area is 135 Å². The average molecular weight is 305 g/mol. The summed E-state index contributed by atoms with van der Waals surface area (Å²) in [6.45, 7) is 2.07. The van der Waals surface area contributed by atoms with Crippen LogP contribution < -0.4 is 4.74 Å². The van der Waals surface area contributed by atoms with Crippen molar-refractivity contribution in [1.82, 2.24) is 4.98 Å². The molecule has 0 saturated heterocycles. The van der Waals surface area contributed by atoms with E-state index in [1.165, 1.54) is 5.56 Å². The zero-order chi connectivity index (χ0) is 16.0. The second-order valence-electron chi connectivity index (χ2n) is 6.29. The van der Waals surface area contributed by atoms with Gasteiger partial charge in [-0.25, -0.2) is 0 Å². The van der Waals surface area contributed by atoms with Gasteiger partial charge in [-0.2, -0.15) is 0 Å². The maximum absolute atomic E-state index is 12.9. The van der Waals surface area contributed by atoms with Gasteiger partial charge >= 0.3 is 0 Å². The Bertz CT molecular complexity index is 886. The van der Waals surface area contributed by atoms with Gasteiger partial charge in [-0.05, 0) is 43.5 Å². The van der Waals surface area contributed by atoms with E-state index in [2.05, 4.69) is 36.2 Å². The number of benzene rings is 2. The number of nitrogens with one attached hydrogen (secondary N) is 1. The van der Waals surface area contributed by atoms with Crippen LogP contribution in [0.5, 0.6) is 5.75 Å². The molecule has 3 nitrogen and oxygen atoms in total. The van der Waals surface area contributed by atoms with E-state index in [9.17, 15) is 4.79 Å². The largest absolute Gasteiger partial charge is 0.497 e. The lowest BCUT2D eigenvalue weighted by Gasteiger charge is -2.05. The van der Waals surface area contributed by atoms with Gasteiger partial charge in [-0.1, -0.05) is 29.8 Å². The monoisotopic (exact) mass is 305 g/mol. The molecule has 0 bridgehead atoms. The number of carbonyl (C=O) groups is 1. The summed E-state index contributed by atoms with van der Waals surface area (Å²) in [7, 11) is 1.65. The Balaban J connectivity index is 1.96. The third-order valence-corrected chi connectivity index (χ3v) is 4.54. The number of methoxy groups -OCH3 is 1. The number of hydrogen-bond donors (Lipinski definition) is 1. The highest BCUT2D eigenvalue weighted by Crippen LogP contribution is 2.39. The zero-order valence-corrected chi connectivity index (χ0v) is 13.3. The number of carbonyl (C=O) groups excluding carboxylic acids is 1. The van der Waals surface area contributed by atoms with Crippen molar-refractivity contribution >= 4 is 16.7 Å². The molecule has 1 aliphatic rings. The first-order valence-electron chi connectivity index (χ1n) is 7.98. The molecule has 23 heavy (non-hydrogen) atoms. The Hall–Kier alpha value is -2.55. The van der Waals surface area contributed by atoms with E-state index >= 15 is 0 Å². The number of aryl methyl sites for hydroxylation is 1. The van der Waals surface area contributed by atoms with Crippen molar-refractivity contribution in [1.29, 1.82) is 0 Å². The number of hydrogen-bond acceptors (Lipinski definition) is 2. The predicted octanol–water partition coefficient (Wildman–Crippen LogP) is 4.74. The summed E-state index contributed by atoms with van der Waals surface area (Å²) < 4.78 is 5.34. The molecular formula is C20H19NO2. The maximum Gasteiger partial charge on any atom is 0.168 e. The van der Waals surface area contributed by atoms with Gasteiger partial charge in [0.15, 0.2) is 5.78 Å². The lowest BCUT2D eigenvalue weighted by atomic mass is 9.98. The smallest absolute Gasteiger partial charge is 0.168 e. The van der Waals surface area contributed by atoms with Crippen molar-refractivity contribution < 1.29 is 9.53 Å². The van der Waals surface area contributed by atoms with Gasteiger partial charge in [0.2, 0.25) is 0 Å². The molecule has 0 aliphatic heterocycles. The van der Waals surface area contributed by atoms with Crippen molar-refractivity contribution in [3.05, 3.63) is 53.6 Å². The Morgan fingerprint density at radius 3 is 2.52 bits per heavy atom. The van der Waals surface area contributed by atoms with Crippen LogP contribution >= 0.6 is 0 Å². The Morgan fingerprint density at radius 2 is 1.87 bits per heavy atom. The van der Waals surface area contributed by atoms with Crippen LogP contribution in [0.15, 0.2) is 42.5 Å². The predicted molar refractivity (Wildman–Crippen MR) is 92.1 cm³/mol. The topological polar surface area (TPSA) is 42.1 Å². The molecule has 3 heteroatoms. The molecular weight excluding hydrogens is 286 g/mol. The first kappa shape index (κ1) is 14.1. The van der Waals surface area contributed by atoms with Crippen molar-refractivity contribution in [2.24, 2.45) is 5.92 Å². The minimum atomic E-state index is 0.185. The van der Waals surface area contributed by atoms with Crippen LogP contribution in [-0.4, -0.2) is 17.9 Å². The third kappa shape index (κ3) is 2.42.